The summed E-state index contributed by atoms with van der Waals surface area (Å²) in [6.45, 7) is 0. The fourth-order valence-electron chi connectivity index (χ4n) is 3.16. The van der Waals surface area contributed by atoms with E-state index in [0.29, 0.717) is 34.3 Å². The molecule has 0 aliphatic heterocycles. The number of furan rings is 1. The van der Waals surface area contributed by atoms with Crippen LogP contribution in [-0.2, 0) is 20.2 Å². The number of benzene rings is 2. The van der Waals surface area contributed by atoms with Crippen LogP contribution < -0.4 is 0 Å². The van der Waals surface area contributed by atoms with Crippen LogP contribution >= 0.6 is 0 Å². The maximum atomic E-state index is 11.2. The Morgan fingerprint density at radius 2 is 0.971 bits per heavy atom. The fourth-order valence-corrected chi connectivity index (χ4v) is 4.12. The third-order valence-corrected chi connectivity index (χ3v) is 6.63. The van der Waals surface area contributed by atoms with Crippen molar-refractivity contribution in [3.05, 3.63) is 73.1 Å². The molecule has 178 valence electrons. The SMILES string of the molecule is O=S(=O)(O)c1ccc(-n2cc(-c3ccc(-c4cn(-c5ccc(S(=O)(=O)O)cc5)nn4)o3)nn2)cc1. The summed E-state index contributed by atoms with van der Waals surface area (Å²) in [5.74, 6) is 0.792. The van der Waals surface area contributed by atoms with E-state index in [4.69, 9.17) is 13.5 Å². The van der Waals surface area contributed by atoms with Gasteiger partial charge in [0.1, 0.15) is 11.4 Å². The zero-order chi connectivity index (χ0) is 24.8. The van der Waals surface area contributed by atoms with Crippen molar-refractivity contribution < 1.29 is 30.4 Å². The van der Waals surface area contributed by atoms with Gasteiger partial charge in [0.15, 0.2) is 11.5 Å². The molecule has 5 aromatic rings. The lowest BCUT2D eigenvalue weighted by Gasteiger charge is -2.01. The highest BCUT2D eigenvalue weighted by Crippen LogP contribution is 2.27. The highest BCUT2D eigenvalue weighted by atomic mass is 32.2. The van der Waals surface area contributed by atoms with Crippen molar-refractivity contribution in [2.75, 3.05) is 0 Å². The molecule has 0 atom stereocenters. The summed E-state index contributed by atoms with van der Waals surface area (Å²) < 4.78 is 71.6. The summed E-state index contributed by atoms with van der Waals surface area (Å²) in [5, 5.41) is 16.1. The summed E-state index contributed by atoms with van der Waals surface area (Å²) in [4.78, 5) is -0.473. The van der Waals surface area contributed by atoms with Gasteiger partial charge in [-0.05, 0) is 60.7 Å². The Labute approximate surface area is 197 Å². The molecule has 0 aliphatic rings. The Morgan fingerprint density at radius 1 is 0.600 bits per heavy atom. The Hall–Kier alpha value is -4.18. The van der Waals surface area contributed by atoms with Crippen LogP contribution in [0.3, 0.4) is 0 Å². The van der Waals surface area contributed by atoms with Crippen molar-refractivity contribution in [2.24, 2.45) is 0 Å². The number of rotatable bonds is 6. The molecule has 0 amide bonds. The minimum Gasteiger partial charge on any atom is -0.453 e. The predicted molar refractivity (Wildman–Crippen MR) is 119 cm³/mol. The van der Waals surface area contributed by atoms with E-state index in [1.807, 2.05) is 0 Å². The normalized spacial score (nSPS) is 12.2. The molecular formula is C20H14N6O7S2. The van der Waals surface area contributed by atoms with E-state index in [1.54, 1.807) is 24.5 Å². The topological polar surface area (TPSA) is 183 Å². The van der Waals surface area contributed by atoms with Gasteiger partial charge in [-0.25, -0.2) is 9.36 Å². The predicted octanol–water partition coefficient (Wildman–Crippen LogP) is 2.27. The fraction of sp³-hybridized carbons (Fsp3) is 0. The number of nitrogens with zero attached hydrogens (tertiary/aromatic N) is 6. The van der Waals surface area contributed by atoms with Crippen LogP contribution in [0.5, 0.6) is 0 Å². The van der Waals surface area contributed by atoms with Crippen molar-refractivity contribution in [3.63, 3.8) is 0 Å². The van der Waals surface area contributed by atoms with Crippen LogP contribution in [0.1, 0.15) is 0 Å². The Kier molecular flexibility index (Phi) is 5.32. The first-order chi connectivity index (χ1) is 16.6. The third-order valence-electron chi connectivity index (χ3n) is 4.90. The minimum atomic E-state index is -4.29. The monoisotopic (exact) mass is 514 g/mol. The van der Waals surface area contributed by atoms with Gasteiger partial charge in [0.05, 0.1) is 33.6 Å². The van der Waals surface area contributed by atoms with E-state index in [2.05, 4.69) is 20.6 Å². The maximum Gasteiger partial charge on any atom is 0.294 e. The standard InChI is InChI=1S/C20H14N6O7S2/c27-34(28,29)15-5-1-13(2-6-15)25-11-17(21-23-25)19-9-10-20(33-19)18-12-26(24-22-18)14-3-7-16(8-4-14)35(30,31)32/h1-12H,(H,27,28,29)(H,30,31,32). The molecule has 15 heteroatoms. The van der Waals surface area contributed by atoms with Crippen LogP contribution in [0.2, 0.25) is 0 Å². The molecule has 0 spiro atoms. The Balaban J connectivity index is 1.36. The zero-order valence-corrected chi connectivity index (χ0v) is 19.0. The molecule has 0 saturated carbocycles. The molecule has 0 aliphatic carbocycles. The van der Waals surface area contributed by atoms with E-state index < -0.39 is 20.2 Å². The van der Waals surface area contributed by atoms with Gasteiger partial charge in [-0.1, -0.05) is 10.4 Å². The van der Waals surface area contributed by atoms with Gasteiger partial charge in [0.2, 0.25) is 0 Å². The van der Waals surface area contributed by atoms with Gasteiger partial charge in [-0.15, -0.1) is 10.2 Å². The number of hydrogen-bond donors (Lipinski definition) is 2. The van der Waals surface area contributed by atoms with E-state index in [-0.39, 0.29) is 9.79 Å². The highest BCUT2D eigenvalue weighted by Gasteiger charge is 2.15. The van der Waals surface area contributed by atoms with Crippen molar-refractivity contribution in [3.8, 4) is 34.3 Å². The van der Waals surface area contributed by atoms with E-state index in [9.17, 15) is 16.8 Å². The zero-order valence-electron chi connectivity index (χ0n) is 17.4. The molecule has 0 saturated heterocycles. The first kappa shape index (κ1) is 22.6. The summed E-state index contributed by atoms with van der Waals surface area (Å²) in [6.07, 6.45) is 3.16. The van der Waals surface area contributed by atoms with E-state index in [0.717, 1.165) is 0 Å². The average Bonchev–Trinajstić information content (AvgIpc) is 3.58. The van der Waals surface area contributed by atoms with Crippen LogP contribution in [0.25, 0.3) is 34.3 Å². The van der Waals surface area contributed by atoms with Gasteiger partial charge in [-0.3, -0.25) is 9.11 Å². The summed E-state index contributed by atoms with van der Waals surface area (Å²) >= 11 is 0. The first-order valence-electron chi connectivity index (χ1n) is 9.69. The number of hydrogen-bond acceptors (Lipinski definition) is 9. The Bertz CT molecular complexity index is 1610. The van der Waals surface area contributed by atoms with Crippen molar-refractivity contribution in [1.82, 2.24) is 30.0 Å². The number of aromatic nitrogens is 6. The minimum absolute atomic E-state index is 0.236. The Morgan fingerprint density at radius 3 is 1.31 bits per heavy atom. The molecule has 0 fully saturated rings. The molecular weight excluding hydrogens is 500 g/mol. The molecule has 2 aromatic carbocycles. The van der Waals surface area contributed by atoms with Gasteiger partial charge in [0, 0.05) is 0 Å². The van der Waals surface area contributed by atoms with Crippen molar-refractivity contribution in [1.29, 1.82) is 0 Å². The molecule has 0 bridgehead atoms. The summed E-state index contributed by atoms with van der Waals surface area (Å²) in [7, 11) is -8.59. The van der Waals surface area contributed by atoms with Gasteiger partial charge in [0.25, 0.3) is 20.2 Å². The summed E-state index contributed by atoms with van der Waals surface area (Å²) in [5.41, 5.74) is 1.85. The smallest absolute Gasteiger partial charge is 0.294 e. The second-order valence-corrected chi connectivity index (χ2v) is 10.0. The maximum absolute atomic E-state index is 11.2. The molecule has 0 unspecified atom stereocenters. The second kappa shape index (κ2) is 8.24. The highest BCUT2D eigenvalue weighted by molar-refractivity contribution is 7.86. The molecule has 5 rings (SSSR count). The lowest BCUT2D eigenvalue weighted by Crippen LogP contribution is -1.99. The van der Waals surface area contributed by atoms with Crippen LogP contribution in [-0.4, -0.2) is 55.9 Å². The van der Waals surface area contributed by atoms with E-state index in [1.165, 1.54) is 57.9 Å². The van der Waals surface area contributed by atoms with Gasteiger partial charge in [-0.2, -0.15) is 16.8 Å². The molecule has 0 radical (unpaired) electrons. The lowest BCUT2D eigenvalue weighted by molar-refractivity contribution is 0.481. The van der Waals surface area contributed by atoms with Gasteiger partial charge < -0.3 is 4.42 Å². The quantitative estimate of drug-likeness (QED) is 0.317. The van der Waals surface area contributed by atoms with Crippen LogP contribution in [0.15, 0.2) is 87.3 Å². The molecule has 3 heterocycles. The van der Waals surface area contributed by atoms with Crippen molar-refractivity contribution >= 4 is 20.2 Å². The van der Waals surface area contributed by atoms with Crippen molar-refractivity contribution in [2.45, 2.75) is 9.79 Å². The first-order valence-corrected chi connectivity index (χ1v) is 12.6. The average molecular weight is 515 g/mol. The molecule has 2 N–H and O–H groups in total. The van der Waals surface area contributed by atoms with E-state index >= 15 is 0 Å². The van der Waals surface area contributed by atoms with Crippen LogP contribution in [0.4, 0.5) is 0 Å². The molecule has 3 aromatic heterocycles. The molecule has 13 nitrogen and oxygen atoms in total. The molecule has 35 heavy (non-hydrogen) atoms. The third kappa shape index (κ3) is 4.60. The summed E-state index contributed by atoms with van der Waals surface area (Å²) in [6, 6.07) is 14.2. The lowest BCUT2D eigenvalue weighted by atomic mass is 10.3. The largest absolute Gasteiger partial charge is 0.453 e. The van der Waals surface area contributed by atoms with Crippen LogP contribution in [0, 0.1) is 0 Å². The van der Waals surface area contributed by atoms with Gasteiger partial charge >= 0.3 is 0 Å². The second-order valence-electron chi connectivity index (χ2n) is 7.20.